The molecular weight excluding hydrogens is 318 g/mol. The summed E-state index contributed by atoms with van der Waals surface area (Å²) in [5, 5.41) is 15.9. The molecule has 6 N–H and O–H groups in total. The lowest BCUT2D eigenvalue weighted by atomic mass is 10.2. The fourth-order valence-electron chi connectivity index (χ4n) is 1.84. The lowest BCUT2D eigenvalue weighted by molar-refractivity contribution is 0.382. The molecule has 124 valence electrons. The molecule has 9 heteroatoms. The minimum absolute atomic E-state index is 0.0694. The van der Waals surface area contributed by atoms with Gasteiger partial charge in [0, 0.05) is 18.1 Å². The molecule has 1 heterocycles. The molecule has 1 aromatic heterocycles. The third kappa shape index (κ3) is 5.85. The number of anilines is 3. The van der Waals surface area contributed by atoms with Crippen LogP contribution in [-0.2, 0) is 6.54 Å². The summed E-state index contributed by atoms with van der Waals surface area (Å²) in [5.41, 5.74) is 8.42. The van der Waals surface area contributed by atoms with Gasteiger partial charge in [-0.2, -0.15) is 15.0 Å². The Bertz CT molecular complexity index is 609. The van der Waals surface area contributed by atoms with Crippen LogP contribution in [0.3, 0.4) is 0 Å². The second-order valence-electron chi connectivity index (χ2n) is 4.82. The van der Waals surface area contributed by atoms with E-state index in [1.165, 1.54) is 0 Å². The Kier molecular flexibility index (Phi) is 6.79. The smallest absolute Gasteiger partial charge is 0.253 e. The zero-order valence-corrected chi connectivity index (χ0v) is 13.3. The van der Waals surface area contributed by atoms with Crippen molar-refractivity contribution in [3.63, 3.8) is 0 Å². The molecule has 0 amide bonds. The molecule has 0 saturated heterocycles. The largest absolute Gasteiger partial charge is 0.354 e. The van der Waals surface area contributed by atoms with Crippen LogP contribution in [-0.4, -0.2) is 33.2 Å². The summed E-state index contributed by atoms with van der Waals surface area (Å²) in [6, 6.07) is 7.45. The van der Waals surface area contributed by atoms with E-state index < -0.39 is 0 Å². The number of halogens is 1. The van der Waals surface area contributed by atoms with Crippen LogP contribution in [0.15, 0.2) is 24.3 Å². The van der Waals surface area contributed by atoms with E-state index in [1.54, 1.807) is 0 Å². The third-order valence-electron chi connectivity index (χ3n) is 3.01. The molecule has 0 spiro atoms. The second kappa shape index (κ2) is 9.09. The van der Waals surface area contributed by atoms with E-state index in [0.29, 0.717) is 36.6 Å². The molecule has 1 aromatic carbocycles. The van der Waals surface area contributed by atoms with Gasteiger partial charge in [0.2, 0.25) is 11.9 Å². The molecule has 0 saturated carbocycles. The molecule has 0 radical (unpaired) electrons. The molecular formula is C14H20ClN7O. The van der Waals surface area contributed by atoms with Crippen molar-refractivity contribution in [1.29, 1.82) is 0 Å². The van der Waals surface area contributed by atoms with Gasteiger partial charge in [-0.25, -0.2) is 5.48 Å². The number of benzene rings is 1. The Labute approximate surface area is 139 Å². The van der Waals surface area contributed by atoms with E-state index in [0.717, 1.165) is 18.4 Å². The van der Waals surface area contributed by atoms with Gasteiger partial charge in [0.25, 0.3) is 5.95 Å². The number of hydrogen-bond donors (Lipinski definition) is 5. The monoisotopic (exact) mass is 337 g/mol. The van der Waals surface area contributed by atoms with E-state index in [-0.39, 0.29) is 5.95 Å². The van der Waals surface area contributed by atoms with Gasteiger partial charge in [-0.3, -0.25) is 5.21 Å². The van der Waals surface area contributed by atoms with Crippen LogP contribution in [0.4, 0.5) is 17.8 Å². The van der Waals surface area contributed by atoms with E-state index in [1.807, 2.05) is 29.7 Å². The minimum Gasteiger partial charge on any atom is -0.354 e. The second-order valence-corrected chi connectivity index (χ2v) is 5.26. The van der Waals surface area contributed by atoms with Crippen molar-refractivity contribution in [2.75, 3.05) is 29.2 Å². The van der Waals surface area contributed by atoms with Crippen LogP contribution >= 0.6 is 11.6 Å². The number of unbranched alkanes of at least 4 members (excludes halogenated alkanes) is 1. The van der Waals surface area contributed by atoms with Crippen LogP contribution in [0.1, 0.15) is 18.4 Å². The van der Waals surface area contributed by atoms with Gasteiger partial charge < -0.3 is 16.4 Å². The van der Waals surface area contributed by atoms with Gasteiger partial charge in [-0.05, 0) is 37.1 Å². The van der Waals surface area contributed by atoms with Crippen molar-refractivity contribution in [2.45, 2.75) is 19.4 Å². The molecule has 23 heavy (non-hydrogen) atoms. The quantitative estimate of drug-likeness (QED) is 0.348. The van der Waals surface area contributed by atoms with Gasteiger partial charge in [-0.1, -0.05) is 23.7 Å². The van der Waals surface area contributed by atoms with Crippen molar-refractivity contribution >= 4 is 29.4 Å². The van der Waals surface area contributed by atoms with Crippen LogP contribution in [0.2, 0.25) is 5.02 Å². The van der Waals surface area contributed by atoms with Crippen LogP contribution < -0.4 is 21.8 Å². The Hall–Kier alpha value is -2.16. The maximum Gasteiger partial charge on any atom is 0.253 e. The number of hydrogen-bond acceptors (Lipinski definition) is 8. The molecule has 2 rings (SSSR count). The number of rotatable bonds is 9. The summed E-state index contributed by atoms with van der Waals surface area (Å²) in [7, 11) is 0. The number of nitrogens with two attached hydrogens (primary N) is 1. The van der Waals surface area contributed by atoms with E-state index in [2.05, 4.69) is 25.6 Å². The van der Waals surface area contributed by atoms with Crippen molar-refractivity contribution in [1.82, 2.24) is 15.0 Å². The minimum atomic E-state index is 0.0694. The predicted octanol–water partition coefficient (Wildman–Crippen LogP) is 2.09. The van der Waals surface area contributed by atoms with Crippen molar-refractivity contribution < 1.29 is 5.21 Å². The summed E-state index contributed by atoms with van der Waals surface area (Å²) >= 11 is 5.85. The average molecular weight is 338 g/mol. The fraction of sp³-hybridized carbons (Fsp3) is 0.357. The van der Waals surface area contributed by atoms with Crippen LogP contribution in [0.25, 0.3) is 0 Å². The van der Waals surface area contributed by atoms with Gasteiger partial charge >= 0.3 is 0 Å². The van der Waals surface area contributed by atoms with E-state index >= 15 is 0 Å². The number of nitrogens with one attached hydrogen (secondary N) is 3. The normalized spacial score (nSPS) is 10.4. The third-order valence-corrected chi connectivity index (χ3v) is 3.27. The zero-order chi connectivity index (χ0) is 16.5. The highest BCUT2D eigenvalue weighted by atomic mass is 35.5. The first-order chi connectivity index (χ1) is 11.2. The SMILES string of the molecule is NCCCCNc1nc(NO)nc(NCc2ccc(Cl)cc2)n1. The summed E-state index contributed by atoms with van der Waals surface area (Å²) in [5.74, 6) is 0.805. The van der Waals surface area contributed by atoms with Crippen LogP contribution in [0.5, 0.6) is 0 Å². The average Bonchev–Trinajstić information content (AvgIpc) is 2.58. The molecule has 0 unspecified atom stereocenters. The van der Waals surface area contributed by atoms with Gasteiger partial charge in [0.15, 0.2) is 0 Å². The number of aromatic nitrogens is 3. The standard InChI is InChI=1S/C14H20ClN7O/c15-11-5-3-10(4-6-11)9-18-13-19-12(17-8-2-1-7-16)20-14(21-13)22-23/h3-6,23H,1-2,7-9,16H2,(H3,17,18,19,20,21,22). The molecule has 0 atom stereocenters. The molecule has 0 aliphatic rings. The molecule has 0 aliphatic carbocycles. The highest BCUT2D eigenvalue weighted by molar-refractivity contribution is 6.30. The van der Waals surface area contributed by atoms with Gasteiger partial charge in [0.1, 0.15) is 0 Å². The molecule has 0 bridgehead atoms. The van der Waals surface area contributed by atoms with Gasteiger partial charge in [0.05, 0.1) is 0 Å². The highest BCUT2D eigenvalue weighted by Gasteiger charge is 2.06. The van der Waals surface area contributed by atoms with Crippen molar-refractivity contribution in [3.05, 3.63) is 34.9 Å². The maximum absolute atomic E-state index is 9.02. The van der Waals surface area contributed by atoms with Crippen LogP contribution in [0, 0.1) is 0 Å². The summed E-state index contributed by atoms with van der Waals surface area (Å²) in [4.78, 5) is 12.3. The lowest BCUT2D eigenvalue weighted by Gasteiger charge is -2.09. The van der Waals surface area contributed by atoms with Crippen molar-refractivity contribution in [3.8, 4) is 0 Å². The first-order valence-electron chi connectivity index (χ1n) is 7.29. The van der Waals surface area contributed by atoms with E-state index in [9.17, 15) is 0 Å². The Balaban J connectivity index is 1.97. The van der Waals surface area contributed by atoms with Crippen molar-refractivity contribution in [2.24, 2.45) is 5.73 Å². The highest BCUT2D eigenvalue weighted by Crippen LogP contribution is 2.12. The first kappa shape index (κ1) is 17.2. The molecule has 2 aromatic rings. The summed E-state index contributed by atoms with van der Waals surface area (Å²) in [6.45, 7) is 1.87. The first-order valence-corrected chi connectivity index (χ1v) is 7.67. The zero-order valence-electron chi connectivity index (χ0n) is 12.6. The topological polar surface area (TPSA) is 121 Å². The maximum atomic E-state index is 9.02. The van der Waals surface area contributed by atoms with E-state index in [4.69, 9.17) is 22.5 Å². The summed E-state index contributed by atoms with van der Waals surface area (Å²) in [6.07, 6.45) is 1.84. The Morgan fingerprint density at radius 3 is 2.26 bits per heavy atom. The number of nitrogens with zero attached hydrogens (tertiary/aromatic N) is 3. The van der Waals surface area contributed by atoms with Gasteiger partial charge in [-0.15, -0.1) is 0 Å². The summed E-state index contributed by atoms with van der Waals surface area (Å²) < 4.78 is 0. The lowest BCUT2D eigenvalue weighted by Crippen LogP contribution is -2.12. The molecule has 0 fully saturated rings. The predicted molar refractivity (Wildman–Crippen MR) is 90.8 cm³/mol. The fourth-order valence-corrected chi connectivity index (χ4v) is 1.96. The molecule has 0 aliphatic heterocycles. The molecule has 8 nitrogen and oxygen atoms in total. The Morgan fingerprint density at radius 1 is 0.957 bits per heavy atom. The Morgan fingerprint density at radius 2 is 1.61 bits per heavy atom.